The molecule has 0 aromatic heterocycles. The molecule has 3 aliphatic rings. The van der Waals surface area contributed by atoms with Crippen LogP contribution in [-0.2, 0) is 14.3 Å². The van der Waals surface area contributed by atoms with Crippen LogP contribution in [0.2, 0.25) is 0 Å². The van der Waals surface area contributed by atoms with Crippen molar-refractivity contribution in [2.45, 2.75) is 25.6 Å². The molecule has 3 aromatic carbocycles. The summed E-state index contributed by atoms with van der Waals surface area (Å²) in [6.07, 6.45) is -0.903. The second-order valence-electron chi connectivity index (χ2n) is 9.24. The van der Waals surface area contributed by atoms with E-state index in [9.17, 15) is 19.2 Å². The molecule has 3 atom stereocenters. The summed E-state index contributed by atoms with van der Waals surface area (Å²) in [7, 11) is 0. The minimum absolute atomic E-state index is 0.227. The van der Waals surface area contributed by atoms with E-state index in [2.05, 4.69) is 0 Å². The number of carbonyl (C=O) groups excluding carboxylic acids is 4. The summed E-state index contributed by atoms with van der Waals surface area (Å²) >= 11 is 0. The molecule has 2 amide bonds. The molecule has 2 heterocycles. The van der Waals surface area contributed by atoms with Crippen molar-refractivity contribution in [1.29, 1.82) is 0 Å². The number of amides is 2. The second-order valence-corrected chi connectivity index (χ2v) is 9.24. The number of fused-ring (bicyclic) bond motifs is 3. The molecular weight excluding hydrogens is 430 g/mol. The van der Waals surface area contributed by atoms with Gasteiger partial charge in [0.1, 0.15) is 0 Å². The Bertz CT molecular complexity index is 1350. The number of ether oxygens (including phenoxy) is 1. The SMILES string of the molecule is Cc1ccc([C@@H]2OC3(C(=O)c4ccccc4C3=O)[C@@H]3C(=O)N(c4ccc(C)cc4)C(=O)[C@H]32)cc1. The molecule has 3 aromatic rings. The molecule has 2 saturated heterocycles. The summed E-state index contributed by atoms with van der Waals surface area (Å²) in [5.74, 6) is -4.37. The third-order valence-electron chi connectivity index (χ3n) is 7.22. The van der Waals surface area contributed by atoms with Gasteiger partial charge in [-0.05, 0) is 31.5 Å². The zero-order chi connectivity index (χ0) is 23.8. The average Bonchev–Trinajstić information content (AvgIpc) is 3.40. The van der Waals surface area contributed by atoms with E-state index in [0.29, 0.717) is 11.3 Å². The number of nitrogens with zero attached hydrogens (tertiary/aromatic N) is 1. The number of Topliss-reactive ketones (excluding diaryl/α,β-unsaturated/α-hetero) is 2. The molecule has 0 bridgehead atoms. The van der Waals surface area contributed by atoms with E-state index in [4.69, 9.17) is 4.74 Å². The third-order valence-corrected chi connectivity index (χ3v) is 7.22. The Hall–Kier alpha value is -3.90. The predicted octanol–water partition coefficient (Wildman–Crippen LogP) is 4.00. The highest BCUT2D eigenvalue weighted by Gasteiger charge is 2.74. The van der Waals surface area contributed by atoms with Crippen molar-refractivity contribution in [1.82, 2.24) is 0 Å². The molecule has 0 saturated carbocycles. The molecule has 2 aliphatic heterocycles. The zero-order valence-corrected chi connectivity index (χ0v) is 18.6. The Morgan fingerprint density at radius 3 is 1.79 bits per heavy atom. The topological polar surface area (TPSA) is 80.8 Å². The average molecular weight is 451 g/mol. The van der Waals surface area contributed by atoms with Gasteiger partial charge in [0.25, 0.3) is 0 Å². The fraction of sp³-hybridized carbons (Fsp3) is 0.214. The van der Waals surface area contributed by atoms with E-state index < -0.39 is 46.9 Å². The molecule has 6 heteroatoms. The van der Waals surface area contributed by atoms with Gasteiger partial charge in [0.05, 0.1) is 23.6 Å². The number of aryl methyl sites for hydroxylation is 2. The van der Waals surface area contributed by atoms with Crippen LogP contribution >= 0.6 is 0 Å². The van der Waals surface area contributed by atoms with Crippen molar-refractivity contribution >= 4 is 29.1 Å². The monoisotopic (exact) mass is 451 g/mol. The number of anilines is 1. The Morgan fingerprint density at radius 2 is 1.24 bits per heavy atom. The lowest BCUT2D eigenvalue weighted by Crippen LogP contribution is -2.51. The molecule has 1 aliphatic carbocycles. The summed E-state index contributed by atoms with van der Waals surface area (Å²) in [5.41, 5.74) is 1.48. The highest BCUT2D eigenvalue weighted by atomic mass is 16.5. The lowest BCUT2D eigenvalue weighted by Gasteiger charge is -2.27. The Balaban J connectivity index is 1.54. The molecule has 0 unspecified atom stereocenters. The van der Waals surface area contributed by atoms with Gasteiger partial charge in [0, 0.05) is 11.1 Å². The van der Waals surface area contributed by atoms with Gasteiger partial charge in [0.15, 0.2) is 0 Å². The maximum absolute atomic E-state index is 13.8. The van der Waals surface area contributed by atoms with Crippen molar-refractivity contribution in [3.8, 4) is 0 Å². The van der Waals surface area contributed by atoms with Crippen molar-refractivity contribution < 1.29 is 23.9 Å². The van der Waals surface area contributed by atoms with Crippen LogP contribution < -0.4 is 4.90 Å². The molecule has 1 spiro atoms. The fourth-order valence-electron chi connectivity index (χ4n) is 5.52. The number of benzene rings is 3. The van der Waals surface area contributed by atoms with Gasteiger partial charge in [0.2, 0.25) is 29.0 Å². The van der Waals surface area contributed by atoms with Crippen molar-refractivity contribution in [2.75, 3.05) is 4.90 Å². The first-order valence-electron chi connectivity index (χ1n) is 11.2. The van der Waals surface area contributed by atoms with Gasteiger partial charge in [-0.3, -0.25) is 19.2 Å². The maximum atomic E-state index is 13.8. The van der Waals surface area contributed by atoms with E-state index in [-0.39, 0.29) is 11.1 Å². The minimum atomic E-state index is -2.05. The van der Waals surface area contributed by atoms with Crippen LogP contribution in [-0.4, -0.2) is 29.0 Å². The first-order chi connectivity index (χ1) is 16.3. The van der Waals surface area contributed by atoms with Crippen molar-refractivity contribution in [3.05, 3.63) is 101 Å². The van der Waals surface area contributed by atoms with Gasteiger partial charge in [-0.15, -0.1) is 0 Å². The highest BCUT2D eigenvalue weighted by Crippen LogP contribution is 2.57. The van der Waals surface area contributed by atoms with E-state index in [1.165, 1.54) is 0 Å². The lowest BCUT2D eigenvalue weighted by atomic mass is 9.77. The van der Waals surface area contributed by atoms with Gasteiger partial charge < -0.3 is 4.74 Å². The molecule has 0 N–H and O–H groups in total. The second kappa shape index (κ2) is 7.05. The Labute approximate surface area is 196 Å². The normalized spacial score (nSPS) is 24.8. The molecule has 2 fully saturated rings. The van der Waals surface area contributed by atoms with Crippen molar-refractivity contribution in [2.24, 2.45) is 11.8 Å². The molecule has 0 radical (unpaired) electrons. The van der Waals surface area contributed by atoms with Crippen LogP contribution in [0.4, 0.5) is 5.69 Å². The van der Waals surface area contributed by atoms with Crippen LogP contribution in [0, 0.1) is 25.7 Å². The van der Waals surface area contributed by atoms with E-state index in [1.807, 2.05) is 50.2 Å². The number of carbonyl (C=O) groups is 4. The lowest BCUT2D eigenvalue weighted by molar-refractivity contribution is -0.127. The molecule has 6 rings (SSSR count). The summed E-state index contributed by atoms with van der Waals surface area (Å²) < 4.78 is 6.29. The standard InChI is InChI=1S/C28H21NO5/c1-15-7-11-17(12-8-15)23-21-22(27(33)29(26(21)32)18-13-9-16(2)10-14-18)28(34-23)24(30)19-5-3-4-6-20(19)25(28)31/h3-14,21-23H,1-2H3/t21-,22+,23+/m1/s1. The molecular formula is C28H21NO5. The summed E-state index contributed by atoms with van der Waals surface area (Å²) in [5, 5.41) is 0. The number of imide groups is 1. The predicted molar refractivity (Wildman–Crippen MR) is 123 cm³/mol. The Morgan fingerprint density at radius 1 is 0.706 bits per heavy atom. The highest BCUT2D eigenvalue weighted by molar-refractivity contribution is 6.37. The minimum Gasteiger partial charge on any atom is -0.349 e. The largest absolute Gasteiger partial charge is 0.349 e. The molecule has 34 heavy (non-hydrogen) atoms. The van der Waals surface area contributed by atoms with Crippen LogP contribution in [0.5, 0.6) is 0 Å². The summed E-state index contributed by atoms with van der Waals surface area (Å²) in [4.78, 5) is 56.1. The van der Waals surface area contributed by atoms with Crippen LogP contribution in [0.25, 0.3) is 0 Å². The number of hydrogen-bond acceptors (Lipinski definition) is 5. The zero-order valence-electron chi connectivity index (χ0n) is 18.6. The van der Waals surface area contributed by atoms with E-state index in [0.717, 1.165) is 16.0 Å². The quantitative estimate of drug-likeness (QED) is 0.435. The van der Waals surface area contributed by atoms with Gasteiger partial charge in [-0.1, -0.05) is 71.8 Å². The van der Waals surface area contributed by atoms with Crippen LogP contribution in [0.3, 0.4) is 0 Å². The fourth-order valence-corrected chi connectivity index (χ4v) is 5.52. The maximum Gasteiger partial charge on any atom is 0.241 e. The first-order valence-corrected chi connectivity index (χ1v) is 11.2. The van der Waals surface area contributed by atoms with Crippen LogP contribution in [0.1, 0.15) is 43.5 Å². The molecule has 168 valence electrons. The van der Waals surface area contributed by atoms with Crippen LogP contribution in [0.15, 0.2) is 72.8 Å². The smallest absolute Gasteiger partial charge is 0.241 e. The summed E-state index contributed by atoms with van der Waals surface area (Å²) in [6, 6.07) is 20.9. The van der Waals surface area contributed by atoms with Gasteiger partial charge in [-0.25, -0.2) is 4.90 Å². The summed E-state index contributed by atoms with van der Waals surface area (Å²) in [6.45, 7) is 3.85. The Kier molecular flexibility index (Phi) is 4.29. The van der Waals surface area contributed by atoms with E-state index in [1.54, 1.807) is 36.4 Å². The first kappa shape index (κ1) is 20.7. The number of rotatable bonds is 2. The number of hydrogen-bond donors (Lipinski definition) is 0. The van der Waals surface area contributed by atoms with Crippen molar-refractivity contribution in [3.63, 3.8) is 0 Å². The van der Waals surface area contributed by atoms with E-state index >= 15 is 0 Å². The molecule has 6 nitrogen and oxygen atoms in total. The van der Waals surface area contributed by atoms with Gasteiger partial charge in [-0.2, -0.15) is 0 Å². The van der Waals surface area contributed by atoms with Gasteiger partial charge >= 0.3 is 0 Å². The number of ketones is 2. The third kappa shape index (κ3) is 2.54.